The van der Waals surface area contributed by atoms with Gasteiger partial charge in [0.15, 0.2) is 6.61 Å². The summed E-state index contributed by atoms with van der Waals surface area (Å²) in [5.41, 5.74) is 2.70. The van der Waals surface area contributed by atoms with E-state index < -0.39 is 18.5 Å². The normalized spacial score (nSPS) is 10.6. The molecule has 0 aliphatic rings. The van der Waals surface area contributed by atoms with Crippen LogP contribution in [-0.2, 0) is 20.9 Å². The van der Waals surface area contributed by atoms with E-state index in [0.29, 0.717) is 30.2 Å². The summed E-state index contributed by atoms with van der Waals surface area (Å²) in [5, 5.41) is 7.58. The largest absolute Gasteiger partial charge is 0.452 e. The van der Waals surface area contributed by atoms with Gasteiger partial charge in [-0.15, -0.1) is 0 Å². The molecule has 0 saturated carbocycles. The molecule has 3 aromatic rings. The molecule has 0 spiro atoms. The van der Waals surface area contributed by atoms with E-state index in [4.69, 9.17) is 16.3 Å². The lowest BCUT2D eigenvalue weighted by molar-refractivity contribution is -0.137. The van der Waals surface area contributed by atoms with Crippen LogP contribution in [0.5, 0.6) is 0 Å². The van der Waals surface area contributed by atoms with Gasteiger partial charge in [0.05, 0.1) is 24.8 Å². The van der Waals surface area contributed by atoms with E-state index >= 15 is 0 Å². The first-order valence-corrected chi connectivity index (χ1v) is 11.3. The van der Waals surface area contributed by atoms with Crippen LogP contribution in [0.2, 0.25) is 5.02 Å². The fraction of sp³-hybridized carbons (Fsp3) is 0.280. The van der Waals surface area contributed by atoms with Crippen molar-refractivity contribution in [2.45, 2.75) is 26.8 Å². The maximum absolute atomic E-state index is 12.6. The first-order chi connectivity index (χ1) is 16.4. The zero-order chi connectivity index (χ0) is 24.5. The highest BCUT2D eigenvalue weighted by Gasteiger charge is 2.20. The Hall–Kier alpha value is -3.65. The van der Waals surface area contributed by atoms with E-state index in [1.807, 2.05) is 50.2 Å². The molecule has 3 rings (SSSR count). The number of aromatic nitrogens is 2. The fourth-order valence-corrected chi connectivity index (χ4v) is 3.49. The van der Waals surface area contributed by atoms with Gasteiger partial charge in [-0.25, -0.2) is 4.79 Å². The Morgan fingerprint density at radius 2 is 1.85 bits per heavy atom. The van der Waals surface area contributed by atoms with Crippen molar-refractivity contribution in [3.63, 3.8) is 0 Å². The van der Waals surface area contributed by atoms with Gasteiger partial charge in [-0.05, 0) is 36.6 Å². The number of para-hydroxylation sites is 1. The van der Waals surface area contributed by atoms with Gasteiger partial charge >= 0.3 is 5.97 Å². The van der Waals surface area contributed by atoms with Crippen LogP contribution in [0.4, 0.5) is 5.69 Å². The predicted molar refractivity (Wildman–Crippen MR) is 130 cm³/mol. The third-order valence-electron chi connectivity index (χ3n) is 5.09. The van der Waals surface area contributed by atoms with Crippen LogP contribution in [-0.4, -0.2) is 52.2 Å². The average Bonchev–Trinajstić information content (AvgIpc) is 3.29. The molecule has 1 heterocycles. The van der Waals surface area contributed by atoms with Crippen molar-refractivity contribution in [1.82, 2.24) is 14.7 Å². The first-order valence-electron chi connectivity index (χ1n) is 10.9. The predicted octanol–water partition coefficient (Wildman–Crippen LogP) is 3.93. The second-order valence-corrected chi connectivity index (χ2v) is 8.18. The number of hydrogen-bond acceptors (Lipinski definition) is 5. The van der Waals surface area contributed by atoms with Crippen LogP contribution in [0.25, 0.3) is 0 Å². The molecule has 0 radical (unpaired) electrons. The maximum atomic E-state index is 12.6. The van der Waals surface area contributed by atoms with E-state index in [1.165, 1.54) is 17.3 Å². The van der Waals surface area contributed by atoms with Gasteiger partial charge in [0.1, 0.15) is 0 Å². The molecule has 34 heavy (non-hydrogen) atoms. The summed E-state index contributed by atoms with van der Waals surface area (Å²) in [6.07, 6.45) is 3.57. The number of ether oxygens (including phenoxy) is 1. The van der Waals surface area contributed by atoms with E-state index in [2.05, 4.69) is 10.4 Å². The highest BCUT2D eigenvalue weighted by atomic mass is 35.5. The molecule has 0 saturated heterocycles. The molecule has 178 valence electrons. The summed E-state index contributed by atoms with van der Waals surface area (Å²) in [5.74, 6) is -1.43. The van der Waals surface area contributed by atoms with E-state index in [1.54, 1.807) is 16.8 Å². The standard InChI is InChI=1S/C25H27ClN4O4/c1-3-12-29(16-23(31)28-22-11-7-4-8-18(22)2)24(32)17-34-25(33)20-13-27-30(15-20)14-19-9-5-6-10-21(19)26/h4-11,13,15H,3,12,14,16-17H2,1-2H3,(H,28,31). The quantitative estimate of drug-likeness (QED) is 0.442. The molecule has 2 aromatic carbocycles. The monoisotopic (exact) mass is 482 g/mol. The molecule has 0 unspecified atom stereocenters. The van der Waals surface area contributed by atoms with Crippen LogP contribution in [0.1, 0.15) is 34.8 Å². The molecule has 1 aromatic heterocycles. The van der Waals surface area contributed by atoms with Gasteiger partial charge in [-0.2, -0.15) is 5.10 Å². The third kappa shape index (κ3) is 6.92. The Morgan fingerprint density at radius 1 is 1.12 bits per heavy atom. The van der Waals surface area contributed by atoms with Crippen molar-refractivity contribution in [3.05, 3.63) is 82.6 Å². The van der Waals surface area contributed by atoms with Gasteiger partial charge in [-0.3, -0.25) is 14.3 Å². The summed E-state index contributed by atoms with van der Waals surface area (Å²) in [7, 11) is 0. The fourth-order valence-electron chi connectivity index (χ4n) is 3.30. The lowest BCUT2D eigenvalue weighted by Crippen LogP contribution is -2.40. The van der Waals surface area contributed by atoms with Gasteiger partial charge in [0, 0.05) is 23.5 Å². The molecular formula is C25H27ClN4O4. The van der Waals surface area contributed by atoms with Gasteiger partial charge in [0.25, 0.3) is 5.91 Å². The van der Waals surface area contributed by atoms with Crippen molar-refractivity contribution in [1.29, 1.82) is 0 Å². The number of carbonyl (C=O) groups excluding carboxylic acids is 3. The molecule has 0 atom stereocenters. The van der Waals surface area contributed by atoms with Crippen molar-refractivity contribution in [3.8, 4) is 0 Å². The van der Waals surface area contributed by atoms with Gasteiger partial charge in [-0.1, -0.05) is 54.9 Å². The Bertz CT molecular complexity index is 1160. The van der Waals surface area contributed by atoms with Crippen LogP contribution in [0.3, 0.4) is 0 Å². The summed E-state index contributed by atoms with van der Waals surface area (Å²) >= 11 is 6.17. The smallest absolute Gasteiger partial charge is 0.341 e. The number of nitrogens with one attached hydrogen (secondary N) is 1. The topological polar surface area (TPSA) is 93.5 Å². The van der Waals surface area contributed by atoms with Crippen molar-refractivity contribution < 1.29 is 19.1 Å². The van der Waals surface area contributed by atoms with Crippen LogP contribution < -0.4 is 5.32 Å². The average molecular weight is 483 g/mol. The molecule has 1 N–H and O–H groups in total. The zero-order valence-electron chi connectivity index (χ0n) is 19.2. The highest BCUT2D eigenvalue weighted by Crippen LogP contribution is 2.16. The summed E-state index contributed by atoms with van der Waals surface area (Å²) in [6, 6.07) is 14.8. The third-order valence-corrected chi connectivity index (χ3v) is 5.45. The number of rotatable bonds is 10. The first kappa shape index (κ1) is 25.0. The lowest BCUT2D eigenvalue weighted by atomic mass is 10.2. The van der Waals surface area contributed by atoms with Crippen molar-refractivity contribution in [2.24, 2.45) is 0 Å². The van der Waals surface area contributed by atoms with Crippen LogP contribution in [0, 0.1) is 6.92 Å². The second-order valence-electron chi connectivity index (χ2n) is 7.77. The van der Waals surface area contributed by atoms with Gasteiger partial charge < -0.3 is 15.0 Å². The number of anilines is 1. The van der Waals surface area contributed by atoms with Crippen molar-refractivity contribution >= 4 is 35.1 Å². The number of carbonyl (C=O) groups is 3. The molecule has 9 heteroatoms. The van der Waals surface area contributed by atoms with Gasteiger partial charge in [0.2, 0.25) is 5.91 Å². The molecule has 0 bridgehead atoms. The molecule has 0 aliphatic carbocycles. The number of amides is 2. The number of halogens is 1. The van der Waals surface area contributed by atoms with Crippen LogP contribution in [0.15, 0.2) is 60.9 Å². The number of benzene rings is 2. The Labute approximate surface area is 203 Å². The van der Waals surface area contributed by atoms with E-state index in [-0.39, 0.29) is 18.0 Å². The minimum Gasteiger partial charge on any atom is -0.452 e. The molecule has 2 amide bonds. The van der Waals surface area contributed by atoms with E-state index in [9.17, 15) is 14.4 Å². The Kier molecular flexibility index (Phi) is 8.81. The number of hydrogen-bond donors (Lipinski definition) is 1. The SMILES string of the molecule is CCCN(CC(=O)Nc1ccccc1C)C(=O)COC(=O)c1cnn(Cc2ccccc2Cl)c1. The van der Waals surface area contributed by atoms with Crippen LogP contribution >= 0.6 is 11.6 Å². The second kappa shape index (κ2) is 12.0. The number of esters is 1. The summed E-state index contributed by atoms with van der Waals surface area (Å²) < 4.78 is 6.75. The molecule has 0 fully saturated rings. The Morgan fingerprint density at radius 3 is 2.59 bits per heavy atom. The zero-order valence-corrected chi connectivity index (χ0v) is 19.9. The Balaban J connectivity index is 1.53. The van der Waals surface area contributed by atoms with Crippen molar-refractivity contribution in [2.75, 3.05) is 25.0 Å². The summed E-state index contributed by atoms with van der Waals surface area (Å²) in [6.45, 7) is 3.96. The number of aryl methyl sites for hydroxylation is 1. The molecule has 0 aliphatic heterocycles. The summed E-state index contributed by atoms with van der Waals surface area (Å²) in [4.78, 5) is 38.9. The minimum absolute atomic E-state index is 0.131. The highest BCUT2D eigenvalue weighted by molar-refractivity contribution is 6.31. The minimum atomic E-state index is -0.667. The maximum Gasteiger partial charge on any atom is 0.341 e. The van der Waals surface area contributed by atoms with E-state index in [0.717, 1.165) is 11.1 Å². The lowest BCUT2D eigenvalue weighted by Gasteiger charge is -2.21. The molecule has 8 nitrogen and oxygen atoms in total. The number of nitrogens with zero attached hydrogens (tertiary/aromatic N) is 3. The molecular weight excluding hydrogens is 456 g/mol.